The molecular weight excluding hydrogens is 329 g/mol. The Hall–Kier alpha value is -3.06. The van der Waals surface area contributed by atoms with E-state index in [1.165, 1.54) is 41.8 Å². The molecule has 2 N–H and O–H groups in total. The first-order valence-corrected chi connectivity index (χ1v) is 7.95. The summed E-state index contributed by atoms with van der Waals surface area (Å²) in [6, 6.07) is 9.13. The quantitative estimate of drug-likeness (QED) is 0.587. The minimum atomic E-state index is -0.573. The number of hydrogen-bond donors (Lipinski definition) is 2. The number of benzene rings is 1. The lowest BCUT2D eigenvalue weighted by atomic mass is 10.1. The molecule has 0 atom stereocenters. The molecule has 0 aliphatic heterocycles. The predicted molar refractivity (Wildman–Crippen MR) is 92.1 cm³/mol. The van der Waals surface area contributed by atoms with E-state index in [-0.39, 0.29) is 5.56 Å². The lowest BCUT2D eigenvalue weighted by Gasteiger charge is -2.06. The normalized spacial score (nSPS) is 11.0. The van der Waals surface area contributed by atoms with Crippen molar-refractivity contribution in [3.8, 4) is 0 Å². The molecule has 0 radical (unpaired) electrons. The SMILES string of the molecule is O=C(Nc1cnc2ccsc2c1)c1cc2ccc(F)cc2[nH]c1=O. The molecule has 0 saturated heterocycles. The van der Waals surface area contributed by atoms with E-state index in [9.17, 15) is 14.0 Å². The van der Waals surface area contributed by atoms with Gasteiger partial charge in [0.1, 0.15) is 11.4 Å². The molecule has 1 aromatic carbocycles. The van der Waals surface area contributed by atoms with Crippen molar-refractivity contribution < 1.29 is 9.18 Å². The van der Waals surface area contributed by atoms with Gasteiger partial charge in [-0.3, -0.25) is 14.6 Å². The van der Waals surface area contributed by atoms with Gasteiger partial charge in [0.2, 0.25) is 0 Å². The molecule has 4 aromatic rings. The van der Waals surface area contributed by atoms with Crippen molar-refractivity contribution in [2.75, 3.05) is 5.32 Å². The van der Waals surface area contributed by atoms with Crippen molar-refractivity contribution in [3.05, 3.63) is 69.7 Å². The zero-order chi connectivity index (χ0) is 16.7. The highest BCUT2D eigenvalue weighted by molar-refractivity contribution is 7.17. The summed E-state index contributed by atoms with van der Waals surface area (Å²) in [4.78, 5) is 31.2. The fraction of sp³-hybridized carbons (Fsp3) is 0. The molecule has 3 heterocycles. The van der Waals surface area contributed by atoms with Gasteiger partial charge in [-0.1, -0.05) is 0 Å². The Morgan fingerprint density at radius 3 is 2.96 bits per heavy atom. The molecule has 3 aromatic heterocycles. The number of nitrogens with one attached hydrogen (secondary N) is 2. The average Bonchev–Trinajstić information content (AvgIpc) is 3.01. The van der Waals surface area contributed by atoms with E-state index in [4.69, 9.17) is 0 Å². The van der Waals surface area contributed by atoms with Crippen molar-refractivity contribution >= 4 is 44.1 Å². The van der Waals surface area contributed by atoms with Gasteiger partial charge < -0.3 is 10.3 Å². The van der Waals surface area contributed by atoms with Crippen LogP contribution in [0.5, 0.6) is 0 Å². The van der Waals surface area contributed by atoms with Crippen LogP contribution in [0.4, 0.5) is 10.1 Å². The van der Waals surface area contributed by atoms with Gasteiger partial charge in [0.05, 0.1) is 27.6 Å². The van der Waals surface area contributed by atoms with Crippen molar-refractivity contribution in [1.82, 2.24) is 9.97 Å². The molecule has 0 fully saturated rings. The second-order valence-electron chi connectivity index (χ2n) is 5.23. The molecule has 118 valence electrons. The number of nitrogens with zero attached hydrogens (tertiary/aromatic N) is 1. The number of H-pyrrole nitrogens is 1. The van der Waals surface area contributed by atoms with Crippen molar-refractivity contribution in [3.63, 3.8) is 0 Å². The van der Waals surface area contributed by atoms with Gasteiger partial charge in [-0.15, -0.1) is 11.3 Å². The second-order valence-corrected chi connectivity index (χ2v) is 6.17. The molecule has 0 saturated carbocycles. The van der Waals surface area contributed by atoms with Crippen LogP contribution in [0.1, 0.15) is 10.4 Å². The molecule has 0 spiro atoms. The third-order valence-electron chi connectivity index (χ3n) is 3.61. The zero-order valence-corrected chi connectivity index (χ0v) is 13.0. The Bertz CT molecular complexity index is 1150. The Morgan fingerprint density at radius 2 is 2.08 bits per heavy atom. The smallest absolute Gasteiger partial charge is 0.261 e. The Kier molecular flexibility index (Phi) is 3.35. The number of amides is 1. The molecule has 0 aliphatic rings. The van der Waals surface area contributed by atoms with Crippen LogP contribution in [0.25, 0.3) is 21.1 Å². The van der Waals surface area contributed by atoms with Gasteiger partial charge in [-0.25, -0.2) is 4.39 Å². The standard InChI is InChI=1S/C17H10FN3O2S/c18-10-2-1-9-5-12(17(23)21-14(9)6-10)16(22)20-11-7-15-13(19-8-11)3-4-24-15/h1-8H,(H,20,22)(H,21,23). The Morgan fingerprint density at radius 1 is 1.21 bits per heavy atom. The summed E-state index contributed by atoms with van der Waals surface area (Å²) in [6.45, 7) is 0. The average molecular weight is 339 g/mol. The fourth-order valence-corrected chi connectivity index (χ4v) is 3.24. The lowest BCUT2D eigenvalue weighted by Crippen LogP contribution is -2.23. The Balaban J connectivity index is 1.70. The summed E-state index contributed by atoms with van der Waals surface area (Å²) in [7, 11) is 0. The van der Waals surface area contributed by atoms with Gasteiger partial charge in [0.15, 0.2) is 0 Å². The lowest BCUT2D eigenvalue weighted by molar-refractivity contribution is 0.102. The van der Waals surface area contributed by atoms with Crippen LogP contribution in [0, 0.1) is 5.82 Å². The predicted octanol–water partition coefficient (Wildman–Crippen LogP) is 3.53. The number of hydrogen-bond acceptors (Lipinski definition) is 4. The summed E-state index contributed by atoms with van der Waals surface area (Å²) in [5.41, 5.74) is 1.09. The maximum atomic E-state index is 13.2. The van der Waals surface area contributed by atoms with E-state index in [2.05, 4.69) is 15.3 Å². The molecule has 7 heteroatoms. The molecule has 4 rings (SSSR count). The third kappa shape index (κ3) is 2.55. The van der Waals surface area contributed by atoms with E-state index < -0.39 is 17.3 Å². The number of halogens is 1. The first-order chi connectivity index (χ1) is 11.6. The summed E-state index contributed by atoms with van der Waals surface area (Å²) in [6.07, 6.45) is 1.54. The van der Waals surface area contributed by atoms with E-state index in [1.807, 2.05) is 11.4 Å². The van der Waals surface area contributed by atoms with Gasteiger partial charge in [-0.2, -0.15) is 0 Å². The maximum Gasteiger partial charge on any atom is 0.261 e. The number of rotatable bonds is 2. The van der Waals surface area contributed by atoms with E-state index in [0.29, 0.717) is 16.6 Å². The van der Waals surface area contributed by atoms with Crippen LogP contribution in [0.15, 0.2) is 52.8 Å². The van der Waals surface area contributed by atoms with Crippen LogP contribution < -0.4 is 10.9 Å². The molecule has 24 heavy (non-hydrogen) atoms. The topological polar surface area (TPSA) is 74.8 Å². The van der Waals surface area contributed by atoms with Crippen LogP contribution in [0.2, 0.25) is 0 Å². The summed E-state index contributed by atoms with van der Waals surface area (Å²) in [5, 5.41) is 5.16. The number of carbonyl (C=O) groups is 1. The van der Waals surface area contributed by atoms with E-state index in [1.54, 1.807) is 6.07 Å². The van der Waals surface area contributed by atoms with Gasteiger partial charge in [-0.05, 0) is 47.2 Å². The van der Waals surface area contributed by atoms with Crippen LogP contribution in [-0.2, 0) is 0 Å². The van der Waals surface area contributed by atoms with E-state index in [0.717, 1.165) is 10.2 Å². The number of anilines is 1. The van der Waals surface area contributed by atoms with Crippen molar-refractivity contribution in [2.45, 2.75) is 0 Å². The van der Waals surface area contributed by atoms with E-state index >= 15 is 0 Å². The number of thiophene rings is 1. The van der Waals surface area contributed by atoms with Gasteiger partial charge in [0, 0.05) is 0 Å². The van der Waals surface area contributed by atoms with Gasteiger partial charge in [0.25, 0.3) is 11.5 Å². The zero-order valence-electron chi connectivity index (χ0n) is 12.2. The molecule has 1 amide bonds. The van der Waals surface area contributed by atoms with Crippen LogP contribution in [-0.4, -0.2) is 15.9 Å². The Labute approximate surface area is 138 Å². The number of pyridine rings is 2. The largest absolute Gasteiger partial charge is 0.321 e. The van der Waals surface area contributed by atoms with Crippen molar-refractivity contribution in [2.24, 2.45) is 0 Å². The summed E-state index contributed by atoms with van der Waals surface area (Å²) < 4.78 is 14.1. The molecular formula is C17H10FN3O2S. The minimum Gasteiger partial charge on any atom is -0.321 e. The number of aromatic nitrogens is 2. The third-order valence-corrected chi connectivity index (χ3v) is 4.47. The molecule has 0 bridgehead atoms. The fourth-order valence-electron chi connectivity index (χ4n) is 2.46. The maximum absolute atomic E-state index is 13.2. The molecule has 0 unspecified atom stereocenters. The highest BCUT2D eigenvalue weighted by atomic mass is 32.1. The first-order valence-electron chi connectivity index (χ1n) is 7.07. The van der Waals surface area contributed by atoms with Gasteiger partial charge >= 0.3 is 0 Å². The highest BCUT2D eigenvalue weighted by Gasteiger charge is 2.13. The number of fused-ring (bicyclic) bond motifs is 2. The van der Waals surface area contributed by atoms with Crippen LogP contribution in [0.3, 0.4) is 0 Å². The van der Waals surface area contributed by atoms with Crippen molar-refractivity contribution in [1.29, 1.82) is 0 Å². The molecule has 0 aliphatic carbocycles. The first kappa shape index (κ1) is 14.5. The molecule has 5 nitrogen and oxygen atoms in total. The monoisotopic (exact) mass is 339 g/mol. The summed E-state index contributed by atoms with van der Waals surface area (Å²) in [5.74, 6) is -0.995. The number of carbonyl (C=O) groups excluding carboxylic acids is 1. The second kappa shape index (κ2) is 5.54. The minimum absolute atomic E-state index is 0.0413. The summed E-state index contributed by atoms with van der Waals surface area (Å²) >= 11 is 1.51. The highest BCUT2D eigenvalue weighted by Crippen LogP contribution is 2.22. The van der Waals surface area contributed by atoms with Crippen LogP contribution >= 0.6 is 11.3 Å². The number of aromatic amines is 1.